The second-order valence-corrected chi connectivity index (χ2v) is 8.42. The van der Waals surface area contributed by atoms with Crippen molar-refractivity contribution in [2.75, 3.05) is 0 Å². The Labute approximate surface area is 176 Å². The van der Waals surface area contributed by atoms with Crippen LogP contribution in [0.25, 0.3) is 0 Å². The predicted molar refractivity (Wildman–Crippen MR) is 113 cm³/mol. The summed E-state index contributed by atoms with van der Waals surface area (Å²) < 4.78 is 0. The average molecular weight is 427 g/mol. The second kappa shape index (κ2) is 10.1. The summed E-state index contributed by atoms with van der Waals surface area (Å²) in [5, 5.41) is 42.5. The molecular weight excluding hydrogens is 399 g/mol. The highest BCUT2D eigenvalue weighted by atomic mass is 35.5. The molecule has 0 saturated carbocycles. The van der Waals surface area contributed by atoms with Gasteiger partial charge in [-0.15, -0.1) is 0 Å². The van der Waals surface area contributed by atoms with Gasteiger partial charge in [0.05, 0.1) is 12.2 Å². The fraction of sp³-hybridized carbons (Fsp3) is 0.455. The summed E-state index contributed by atoms with van der Waals surface area (Å²) in [5.41, 5.74) is 1.65. The van der Waals surface area contributed by atoms with Crippen molar-refractivity contribution >= 4 is 23.2 Å². The maximum Gasteiger partial charge on any atom is 0.107 e. The zero-order valence-electron chi connectivity index (χ0n) is 16.3. The first-order valence-electron chi connectivity index (χ1n) is 9.39. The SMILES string of the molecule is CC(C)[C@@H](O)[C@H](O)c1cccc(CC(C)[C@H](O)[C@@H](O)c2ccccc2Cl)c1Cl. The Hall–Kier alpha value is -1.14. The third kappa shape index (κ3) is 5.26. The van der Waals surface area contributed by atoms with Gasteiger partial charge in [0.25, 0.3) is 0 Å². The third-order valence-corrected chi connectivity index (χ3v) is 5.91. The van der Waals surface area contributed by atoms with Gasteiger partial charge in [-0.1, -0.05) is 80.4 Å². The van der Waals surface area contributed by atoms with Crippen LogP contribution in [0.5, 0.6) is 0 Å². The van der Waals surface area contributed by atoms with Crippen LogP contribution >= 0.6 is 23.2 Å². The molecule has 0 aromatic heterocycles. The van der Waals surface area contributed by atoms with E-state index in [1.807, 2.05) is 26.8 Å². The monoisotopic (exact) mass is 426 g/mol. The first-order valence-corrected chi connectivity index (χ1v) is 10.1. The lowest BCUT2D eigenvalue weighted by molar-refractivity contribution is -0.0141. The number of hydrogen-bond acceptors (Lipinski definition) is 4. The van der Waals surface area contributed by atoms with Crippen LogP contribution in [-0.2, 0) is 6.42 Å². The third-order valence-electron chi connectivity index (χ3n) is 5.11. The largest absolute Gasteiger partial charge is 0.390 e. The Balaban J connectivity index is 2.18. The molecule has 1 unspecified atom stereocenters. The quantitative estimate of drug-likeness (QED) is 0.506. The average Bonchev–Trinajstić information content (AvgIpc) is 2.67. The molecule has 28 heavy (non-hydrogen) atoms. The van der Waals surface area contributed by atoms with Crippen LogP contribution < -0.4 is 0 Å². The van der Waals surface area contributed by atoms with Crippen LogP contribution in [0.2, 0.25) is 10.0 Å². The van der Waals surface area contributed by atoms with Gasteiger partial charge >= 0.3 is 0 Å². The Morgan fingerprint density at radius 3 is 1.93 bits per heavy atom. The minimum Gasteiger partial charge on any atom is -0.390 e. The van der Waals surface area contributed by atoms with Crippen LogP contribution in [0.1, 0.15) is 49.7 Å². The summed E-state index contributed by atoms with van der Waals surface area (Å²) in [4.78, 5) is 0. The highest BCUT2D eigenvalue weighted by molar-refractivity contribution is 6.32. The normalized spacial score (nSPS) is 17.2. The minimum absolute atomic E-state index is 0.124. The number of benzene rings is 2. The van der Waals surface area contributed by atoms with Crippen molar-refractivity contribution in [3.63, 3.8) is 0 Å². The van der Waals surface area contributed by atoms with Crippen LogP contribution in [0, 0.1) is 11.8 Å². The molecule has 0 aliphatic heterocycles. The molecule has 154 valence electrons. The molecule has 0 amide bonds. The molecular formula is C22H28Cl2O4. The van der Waals surface area contributed by atoms with Crippen molar-refractivity contribution in [3.05, 3.63) is 69.2 Å². The molecule has 0 saturated heterocycles. The van der Waals surface area contributed by atoms with Gasteiger partial charge in [0, 0.05) is 21.2 Å². The first-order chi connectivity index (χ1) is 13.1. The summed E-state index contributed by atoms with van der Waals surface area (Å²) in [7, 11) is 0. The van der Waals surface area contributed by atoms with E-state index in [0.29, 0.717) is 27.6 Å². The zero-order valence-corrected chi connectivity index (χ0v) is 17.8. The molecule has 4 N–H and O–H groups in total. The number of halogens is 2. The van der Waals surface area contributed by atoms with E-state index in [2.05, 4.69) is 0 Å². The Morgan fingerprint density at radius 1 is 0.750 bits per heavy atom. The highest BCUT2D eigenvalue weighted by Crippen LogP contribution is 2.34. The number of aliphatic hydroxyl groups excluding tert-OH is 4. The van der Waals surface area contributed by atoms with Crippen molar-refractivity contribution in [2.45, 2.75) is 51.6 Å². The highest BCUT2D eigenvalue weighted by Gasteiger charge is 2.28. The van der Waals surface area contributed by atoms with E-state index < -0.39 is 24.4 Å². The standard InChI is InChI=1S/C22H28Cl2O4/c1-12(2)19(25)22(28)16-9-6-7-14(18(16)24)11-13(3)20(26)21(27)15-8-4-5-10-17(15)23/h4-10,12-13,19-22,25-28H,11H2,1-3H3/t13?,19-,20+,21+,22-/m1/s1. The van der Waals surface area contributed by atoms with Crippen molar-refractivity contribution < 1.29 is 20.4 Å². The lowest BCUT2D eigenvalue weighted by Crippen LogP contribution is -2.28. The van der Waals surface area contributed by atoms with E-state index in [4.69, 9.17) is 23.2 Å². The van der Waals surface area contributed by atoms with Gasteiger partial charge in [0.2, 0.25) is 0 Å². The van der Waals surface area contributed by atoms with Gasteiger partial charge in [-0.05, 0) is 29.9 Å². The van der Waals surface area contributed by atoms with E-state index in [-0.39, 0.29) is 11.8 Å². The van der Waals surface area contributed by atoms with E-state index in [1.165, 1.54) is 0 Å². The minimum atomic E-state index is -1.13. The van der Waals surface area contributed by atoms with Crippen LogP contribution in [0.15, 0.2) is 42.5 Å². The molecule has 2 aromatic carbocycles. The van der Waals surface area contributed by atoms with Gasteiger partial charge < -0.3 is 20.4 Å². The number of aliphatic hydroxyl groups is 4. The number of rotatable bonds is 8. The topological polar surface area (TPSA) is 80.9 Å². The second-order valence-electron chi connectivity index (χ2n) is 7.64. The molecule has 0 aliphatic carbocycles. The fourth-order valence-corrected chi connectivity index (χ4v) is 3.77. The van der Waals surface area contributed by atoms with Gasteiger partial charge in [0.1, 0.15) is 12.2 Å². The zero-order chi connectivity index (χ0) is 21.0. The summed E-state index contributed by atoms with van der Waals surface area (Å²) in [6.45, 7) is 5.45. The van der Waals surface area contributed by atoms with Crippen molar-refractivity contribution in [2.24, 2.45) is 11.8 Å². The van der Waals surface area contributed by atoms with Crippen LogP contribution in [0.4, 0.5) is 0 Å². The maximum absolute atomic E-state index is 10.6. The molecule has 0 spiro atoms. The van der Waals surface area contributed by atoms with Crippen LogP contribution in [0.3, 0.4) is 0 Å². The summed E-state index contributed by atoms with van der Waals surface area (Å²) in [5.74, 6) is -0.451. The molecule has 2 rings (SSSR count). The van der Waals surface area contributed by atoms with Crippen molar-refractivity contribution in [3.8, 4) is 0 Å². The molecule has 6 heteroatoms. The van der Waals surface area contributed by atoms with Crippen LogP contribution in [-0.4, -0.2) is 32.6 Å². The first kappa shape index (κ1) is 23.1. The molecule has 0 heterocycles. The van der Waals surface area contributed by atoms with E-state index in [0.717, 1.165) is 5.56 Å². The van der Waals surface area contributed by atoms with Crippen molar-refractivity contribution in [1.82, 2.24) is 0 Å². The van der Waals surface area contributed by atoms with E-state index in [9.17, 15) is 20.4 Å². The predicted octanol–water partition coefficient (Wildman–Crippen LogP) is 4.32. The van der Waals surface area contributed by atoms with Gasteiger partial charge in [0.15, 0.2) is 0 Å². The summed E-state index contributed by atoms with van der Waals surface area (Å²) >= 11 is 12.6. The summed E-state index contributed by atoms with van der Waals surface area (Å²) in [6.07, 6.45) is -3.82. The fourth-order valence-electron chi connectivity index (χ4n) is 3.21. The Morgan fingerprint density at radius 2 is 1.32 bits per heavy atom. The van der Waals surface area contributed by atoms with E-state index >= 15 is 0 Å². The van der Waals surface area contributed by atoms with E-state index in [1.54, 1.807) is 36.4 Å². The maximum atomic E-state index is 10.6. The van der Waals surface area contributed by atoms with Gasteiger partial charge in [-0.2, -0.15) is 0 Å². The molecule has 0 bridgehead atoms. The summed E-state index contributed by atoms with van der Waals surface area (Å²) in [6, 6.07) is 12.1. The molecule has 2 aromatic rings. The smallest absolute Gasteiger partial charge is 0.107 e. The molecule has 0 fully saturated rings. The van der Waals surface area contributed by atoms with Gasteiger partial charge in [-0.3, -0.25) is 0 Å². The van der Waals surface area contributed by atoms with Crippen molar-refractivity contribution in [1.29, 1.82) is 0 Å². The lowest BCUT2D eigenvalue weighted by atomic mass is 9.88. The Bertz CT molecular complexity index is 781. The molecule has 0 aliphatic rings. The number of hydrogen-bond donors (Lipinski definition) is 4. The lowest BCUT2D eigenvalue weighted by Gasteiger charge is -2.26. The Kier molecular flexibility index (Phi) is 8.31. The molecule has 4 nitrogen and oxygen atoms in total. The van der Waals surface area contributed by atoms with Gasteiger partial charge in [-0.25, -0.2) is 0 Å². The molecule has 0 radical (unpaired) electrons. The molecule has 5 atom stereocenters.